The molecule has 0 amide bonds. The fraction of sp³-hybridized carbons (Fsp3) is 0.611. The van der Waals surface area contributed by atoms with Gasteiger partial charge in [0.1, 0.15) is 0 Å². The average molecular weight is 479 g/mol. The molecule has 2 N–H and O–H groups in total. The van der Waals surface area contributed by atoms with Crippen LogP contribution in [0.15, 0.2) is 29.3 Å². The van der Waals surface area contributed by atoms with Gasteiger partial charge in [-0.25, -0.2) is 4.99 Å². The molecule has 2 heterocycles. The largest absolute Gasteiger partial charge is 0.373 e. The molecule has 2 aliphatic rings. The fourth-order valence-electron chi connectivity index (χ4n) is 3.32. The molecule has 0 bridgehead atoms. The van der Waals surface area contributed by atoms with E-state index in [4.69, 9.17) is 16.3 Å². The first-order chi connectivity index (χ1) is 11.7. The van der Waals surface area contributed by atoms with Crippen LogP contribution < -0.4 is 10.6 Å². The summed E-state index contributed by atoms with van der Waals surface area (Å²) < 4.78 is 5.99. The van der Waals surface area contributed by atoms with Gasteiger partial charge in [-0.15, -0.1) is 24.0 Å². The number of aliphatic imine (C=N–C) groups is 1. The Balaban J connectivity index is 0.00000225. The second kappa shape index (κ2) is 10.5. The molecule has 2 atom stereocenters. The number of fused-ring (bicyclic) bond motifs is 1. The molecule has 1 aromatic rings. The Labute approximate surface area is 172 Å². The molecule has 0 aromatic heterocycles. The molecule has 2 aliphatic heterocycles. The maximum Gasteiger partial charge on any atom is 0.191 e. The van der Waals surface area contributed by atoms with Gasteiger partial charge in [0.2, 0.25) is 0 Å². The van der Waals surface area contributed by atoms with Gasteiger partial charge >= 0.3 is 0 Å². The molecular formula is C18H28ClIN4O. The van der Waals surface area contributed by atoms with E-state index in [1.807, 2.05) is 24.3 Å². The highest BCUT2D eigenvalue weighted by molar-refractivity contribution is 14.0. The Bertz CT molecular complexity index is 555. The number of guanidine groups is 1. The van der Waals surface area contributed by atoms with Crippen molar-refractivity contribution < 1.29 is 4.74 Å². The maximum atomic E-state index is 5.99. The standard InChI is InChI=1S/C18H27ClN4O.HI/c1-2-20-18(21-10-14-5-7-15(19)8-6-14)22-11-17-12-23-9-3-4-16(23)13-24-17;/h5-8,16-17H,2-4,9-13H2,1H3,(H2,20,21,22);1H. The summed E-state index contributed by atoms with van der Waals surface area (Å²) in [6.45, 7) is 7.44. The summed E-state index contributed by atoms with van der Waals surface area (Å²) >= 11 is 5.92. The van der Waals surface area contributed by atoms with E-state index in [1.165, 1.54) is 19.4 Å². The van der Waals surface area contributed by atoms with Gasteiger partial charge in [-0.05, 0) is 44.0 Å². The lowest BCUT2D eigenvalue weighted by Gasteiger charge is -2.35. The third-order valence-corrected chi connectivity index (χ3v) is 4.89. The van der Waals surface area contributed by atoms with Crippen molar-refractivity contribution in [3.63, 3.8) is 0 Å². The number of halogens is 2. The number of ether oxygens (including phenoxy) is 1. The van der Waals surface area contributed by atoms with Crippen LogP contribution in [0, 0.1) is 0 Å². The average Bonchev–Trinajstić information content (AvgIpc) is 3.06. The highest BCUT2D eigenvalue weighted by Gasteiger charge is 2.32. The van der Waals surface area contributed by atoms with Gasteiger partial charge in [0, 0.05) is 30.7 Å². The van der Waals surface area contributed by atoms with E-state index >= 15 is 0 Å². The smallest absolute Gasteiger partial charge is 0.191 e. The number of morpholine rings is 1. The van der Waals surface area contributed by atoms with Crippen molar-refractivity contribution in [2.75, 3.05) is 32.8 Å². The fourth-order valence-corrected chi connectivity index (χ4v) is 3.45. The minimum absolute atomic E-state index is 0. The van der Waals surface area contributed by atoms with Crippen molar-refractivity contribution in [1.29, 1.82) is 0 Å². The van der Waals surface area contributed by atoms with Crippen molar-refractivity contribution in [2.45, 2.75) is 38.5 Å². The van der Waals surface area contributed by atoms with Crippen LogP contribution in [0.5, 0.6) is 0 Å². The zero-order valence-corrected chi connectivity index (χ0v) is 17.8. The predicted octanol–water partition coefficient (Wildman–Crippen LogP) is 2.88. The van der Waals surface area contributed by atoms with Gasteiger partial charge < -0.3 is 15.4 Å². The molecule has 0 saturated carbocycles. The van der Waals surface area contributed by atoms with E-state index in [1.54, 1.807) is 0 Å². The number of hydrogen-bond acceptors (Lipinski definition) is 3. The molecule has 0 radical (unpaired) electrons. The molecule has 0 spiro atoms. The summed E-state index contributed by atoms with van der Waals surface area (Å²) in [5.41, 5.74) is 1.14. The maximum absolute atomic E-state index is 5.99. The van der Waals surface area contributed by atoms with Crippen LogP contribution in [0.4, 0.5) is 0 Å². The molecule has 0 aliphatic carbocycles. The Morgan fingerprint density at radius 2 is 2.12 bits per heavy atom. The summed E-state index contributed by atoms with van der Waals surface area (Å²) in [5.74, 6) is 0.833. The van der Waals surface area contributed by atoms with E-state index < -0.39 is 0 Å². The van der Waals surface area contributed by atoms with Crippen LogP contribution in [0.3, 0.4) is 0 Å². The highest BCUT2D eigenvalue weighted by Crippen LogP contribution is 2.22. The molecule has 1 aromatic carbocycles. The van der Waals surface area contributed by atoms with E-state index in [0.717, 1.165) is 42.8 Å². The van der Waals surface area contributed by atoms with Crippen molar-refractivity contribution in [2.24, 2.45) is 4.99 Å². The zero-order valence-electron chi connectivity index (χ0n) is 14.7. The van der Waals surface area contributed by atoms with Gasteiger partial charge in [0.05, 0.1) is 19.3 Å². The van der Waals surface area contributed by atoms with Crippen LogP contribution in [0.1, 0.15) is 25.3 Å². The number of benzene rings is 1. The lowest BCUT2D eigenvalue weighted by atomic mass is 10.2. The monoisotopic (exact) mass is 478 g/mol. The van der Waals surface area contributed by atoms with Gasteiger partial charge in [-0.3, -0.25) is 4.90 Å². The minimum atomic E-state index is 0. The van der Waals surface area contributed by atoms with E-state index in [9.17, 15) is 0 Å². The van der Waals surface area contributed by atoms with Gasteiger partial charge in [0.15, 0.2) is 5.96 Å². The highest BCUT2D eigenvalue weighted by atomic mass is 127. The normalized spacial score (nSPS) is 23.7. The minimum Gasteiger partial charge on any atom is -0.373 e. The predicted molar refractivity (Wildman–Crippen MR) is 114 cm³/mol. The van der Waals surface area contributed by atoms with Crippen LogP contribution in [0.25, 0.3) is 0 Å². The molecule has 5 nitrogen and oxygen atoms in total. The lowest BCUT2D eigenvalue weighted by molar-refractivity contribution is -0.0453. The first kappa shape index (κ1) is 20.7. The van der Waals surface area contributed by atoms with Crippen molar-refractivity contribution in [3.05, 3.63) is 34.9 Å². The lowest BCUT2D eigenvalue weighted by Crippen LogP contribution is -2.51. The molecule has 2 saturated heterocycles. The Morgan fingerprint density at radius 1 is 1.32 bits per heavy atom. The summed E-state index contributed by atoms with van der Waals surface area (Å²) in [7, 11) is 0. The van der Waals surface area contributed by atoms with Gasteiger partial charge in [-0.1, -0.05) is 23.7 Å². The zero-order chi connectivity index (χ0) is 16.8. The van der Waals surface area contributed by atoms with Crippen LogP contribution in [0.2, 0.25) is 5.02 Å². The molecule has 25 heavy (non-hydrogen) atoms. The first-order valence-electron chi connectivity index (χ1n) is 8.87. The third-order valence-electron chi connectivity index (χ3n) is 4.64. The first-order valence-corrected chi connectivity index (χ1v) is 9.24. The summed E-state index contributed by atoms with van der Waals surface area (Å²) in [6.07, 6.45) is 2.82. The van der Waals surface area contributed by atoms with E-state index in [2.05, 4.69) is 27.4 Å². The molecule has 3 rings (SSSR count). The summed E-state index contributed by atoms with van der Waals surface area (Å²) in [5, 5.41) is 7.46. The van der Waals surface area contributed by atoms with Crippen molar-refractivity contribution >= 4 is 41.5 Å². The Kier molecular flexibility index (Phi) is 8.75. The molecule has 7 heteroatoms. The number of rotatable bonds is 5. The topological polar surface area (TPSA) is 48.9 Å². The second-order valence-electron chi connectivity index (χ2n) is 6.45. The molecule has 140 valence electrons. The third kappa shape index (κ3) is 6.27. The number of nitrogens with zero attached hydrogens (tertiary/aromatic N) is 2. The Morgan fingerprint density at radius 3 is 2.88 bits per heavy atom. The van der Waals surface area contributed by atoms with Gasteiger partial charge in [-0.2, -0.15) is 0 Å². The van der Waals surface area contributed by atoms with E-state index in [-0.39, 0.29) is 30.1 Å². The van der Waals surface area contributed by atoms with Crippen molar-refractivity contribution in [1.82, 2.24) is 15.5 Å². The van der Waals surface area contributed by atoms with Crippen LogP contribution >= 0.6 is 35.6 Å². The molecule has 2 fully saturated rings. The quantitative estimate of drug-likeness (QED) is 0.388. The SMILES string of the molecule is CCNC(=NCc1ccc(Cl)cc1)NCC1CN2CCCC2CO1.I. The van der Waals surface area contributed by atoms with Crippen molar-refractivity contribution in [3.8, 4) is 0 Å². The molecular weight excluding hydrogens is 451 g/mol. The molecule has 2 unspecified atom stereocenters. The number of nitrogens with one attached hydrogen (secondary N) is 2. The van der Waals surface area contributed by atoms with E-state index in [0.29, 0.717) is 12.6 Å². The second-order valence-corrected chi connectivity index (χ2v) is 6.89. The summed E-state index contributed by atoms with van der Waals surface area (Å²) in [4.78, 5) is 7.21. The summed E-state index contributed by atoms with van der Waals surface area (Å²) in [6, 6.07) is 8.46. The Hall–Kier alpha value is -0.570. The van der Waals surface area contributed by atoms with Crippen LogP contribution in [-0.4, -0.2) is 55.8 Å². The number of hydrogen-bond donors (Lipinski definition) is 2. The van der Waals surface area contributed by atoms with Crippen LogP contribution in [-0.2, 0) is 11.3 Å². The van der Waals surface area contributed by atoms with Gasteiger partial charge in [0.25, 0.3) is 0 Å².